The lowest BCUT2D eigenvalue weighted by molar-refractivity contribution is -0.140. The van der Waals surface area contributed by atoms with Gasteiger partial charge in [0.25, 0.3) is 5.91 Å². The largest absolute Gasteiger partial charge is 0.435 e. The van der Waals surface area contributed by atoms with Gasteiger partial charge in [-0.05, 0) is 24.0 Å². The Bertz CT molecular complexity index is 1160. The maximum Gasteiger partial charge on any atom is 0.435 e. The molecule has 0 unspecified atom stereocenters. The number of carbonyl (C=O) groups is 2. The van der Waals surface area contributed by atoms with Gasteiger partial charge >= 0.3 is 6.18 Å². The monoisotopic (exact) mass is 463 g/mol. The Balaban J connectivity index is 1.84. The number of thiophene rings is 1. The van der Waals surface area contributed by atoms with E-state index in [0.29, 0.717) is 0 Å². The van der Waals surface area contributed by atoms with Crippen LogP contribution in [-0.2, 0) is 18.0 Å². The molecule has 32 heavy (non-hydrogen) atoms. The van der Waals surface area contributed by atoms with Crippen molar-refractivity contribution in [2.24, 2.45) is 7.05 Å². The Hall–Kier alpha value is -3.39. The molecule has 2 N–H and O–H groups in total. The third kappa shape index (κ3) is 5.08. The second-order valence-electron chi connectivity index (χ2n) is 7.25. The molecule has 0 radical (unpaired) electrons. The third-order valence-corrected chi connectivity index (χ3v) is 6.13. The van der Waals surface area contributed by atoms with E-state index in [0.717, 1.165) is 27.6 Å². The van der Waals surface area contributed by atoms with Gasteiger partial charge in [-0.25, -0.2) is 0 Å². The zero-order valence-corrected chi connectivity index (χ0v) is 18.0. The van der Waals surface area contributed by atoms with E-state index in [9.17, 15) is 22.8 Å². The lowest BCUT2D eigenvalue weighted by Crippen LogP contribution is -2.47. The third-order valence-electron chi connectivity index (χ3n) is 4.93. The van der Waals surface area contributed by atoms with Gasteiger partial charge in [-0.3, -0.25) is 14.3 Å². The van der Waals surface area contributed by atoms with Gasteiger partial charge in [-0.15, -0.1) is 11.3 Å². The lowest BCUT2D eigenvalue weighted by atomic mass is 9.93. The summed E-state index contributed by atoms with van der Waals surface area (Å²) in [5.41, 5.74) is -0.103. The van der Waals surface area contributed by atoms with Crippen molar-refractivity contribution in [1.82, 2.24) is 20.4 Å². The van der Waals surface area contributed by atoms with E-state index >= 15 is 0 Å². The second kappa shape index (κ2) is 9.40. The molecule has 0 aliphatic carbocycles. The Morgan fingerprint density at radius 3 is 2.59 bits per heavy atom. The van der Waals surface area contributed by atoms with Crippen LogP contribution in [0.3, 0.4) is 0 Å². The number of hydrogen-bond donors (Lipinski definition) is 2. The summed E-state index contributed by atoms with van der Waals surface area (Å²) >= 11 is 0.860. The Labute approximate surface area is 185 Å². The van der Waals surface area contributed by atoms with Gasteiger partial charge in [-0.1, -0.05) is 37.3 Å². The molecular formula is C21H20F3N5O2S. The molecule has 0 bridgehead atoms. The molecule has 168 valence electrons. The summed E-state index contributed by atoms with van der Waals surface area (Å²) in [6.45, 7) is 1.67. The Morgan fingerprint density at radius 2 is 1.97 bits per heavy atom. The van der Waals surface area contributed by atoms with Crippen molar-refractivity contribution >= 4 is 33.4 Å². The number of hydrogen-bond acceptors (Lipinski definition) is 5. The number of carbonyl (C=O) groups excluding carboxylic acids is 2. The first-order valence-electron chi connectivity index (χ1n) is 9.66. The number of nitrogens with one attached hydrogen (secondary N) is 2. The van der Waals surface area contributed by atoms with Crippen molar-refractivity contribution in [3.8, 4) is 6.07 Å². The molecule has 0 saturated heterocycles. The number of halogens is 3. The van der Waals surface area contributed by atoms with Crippen LogP contribution >= 0.6 is 11.3 Å². The number of aromatic nitrogens is 2. The number of nitriles is 1. The highest BCUT2D eigenvalue weighted by molar-refractivity contribution is 7.20. The summed E-state index contributed by atoms with van der Waals surface area (Å²) in [5, 5.41) is 17.1. The topological polar surface area (TPSA) is 99.8 Å². The fourth-order valence-electron chi connectivity index (χ4n) is 3.34. The van der Waals surface area contributed by atoms with Crippen molar-refractivity contribution in [1.29, 1.82) is 5.26 Å². The molecule has 11 heteroatoms. The first-order chi connectivity index (χ1) is 15.1. The summed E-state index contributed by atoms with van der Waals surface area (Å²) in [6, 6.07) is 11.3. The van der Waals surface area contributed by atoms with Crippen LogP contribution in [0, 0.1) is 11.3 Å². The number of rotatable bonds is 7. The highest BCUT2D eigenvalue weighted by Gasteiger charge is 2.37. The van der Waals surface area contributed by atoms with E-state index in [1.54, 1.807) is 6.07 Å². The van der Waals surface area contributed by atoms with E-state index in [1.165, 1.54) is 7.05 Å². The number of aryl methyl sites for hydroxylation is 1. The minimum absolute atomic E-state index is 0.0314. The highest BCUT2D eigenvalue weighted by Crippen LogP contribution is 2.37. The molecule has 0 aliphatic rings. The summed E-state index contributed by atoms with van der Waals surface area (Å²) in [5.74, 6) is -1.31. The van der Waals surface area contributed by atoms with Gasteiger partial charge in [-0.2, -0.15) is 23.5 Å². The number of fused-ring (bicyclic) bond motifs is 1. The normalized spacial score (nSPS) is 13.4. The molecule has 2 aromatic heterocycles. The van der Waals surface area contributed by atoms with Gasteiger partial charge in [0, 0.05) is 12.4 Å². The van der Waals surface area contributed by atoms with E-state index in [2.05, 4.69) is 15.7 Å². The summed E-state index contributed by atoms with van der Waals surface area (Å²) in [4.78, 5) is 25.6. The number of alkyl halides is 3. The molecule has 3 aromatic rings. The molecule has 0 fully saturated rings. The fourth-order valence-corrected chi connectivity index (χ4v) is 4.32. The molecular weight excluding hydrogens is 443 g/mol. The first kappa shape index (κ1) is 23.3. The van der Waals surface area contributed by atoms with Crippen LogP contribution < -0.4 is 10.6 Å². The first-order valence-corrected chi connectivity index (χ1v) is 10.5. The van der Waals surface area contributed by atoms with Crippen LogP contribution in [0.25, 0.3) is 10.2 Å². The van der Waals surface area contributed by atoms with Crippen molar-refractivity contribution in [2.45, 2.75) is 31.5 Å². The smallest absolute Gasteiger partial charge is 0.341 e. The zero-order chi connectivity index (χ0) is 23.5. The summed E-state index contributed by atoms with van der Waals surface area (Å²) in [7, 11) is 1.37. The van der Waals surface area contributed by atoms with Gasteiger partial charge in [0.05, 0.1) is 10.9 Å². The Morgan fingerprint density at radius 1 is 1.28 bits per heavy atom. The minimum Gasteiger partial charge on any atom is -0.341 e. The van der Waals surface area contributed by atoms with Gasteiger partial charge in [0.1, 0.15) is 17.4 Å². The average Bonchev–Trinajstić information content (AvgIpc) is 3.32. The second-order valence-corrected chi connectivity index (χ2v) is 8.28. The van der Waals surface area contributed by atoms with Crippen molar-refractivity contribution in [3.05, 3.63) is 52.5 Å². The van der Waals surface area contributed by atoms with Crippen LogP contribution in [0.1, 0.15) is 40.2 Å². The maximum atomic E-state index is 13.2. The van der Waals surface area contributed by atoms with Gasteiger partial charge in [0.15, 0.2) is 5.69 Å². The quantitative estimate of drug-likeness (QED) is 0.523. The molecule has 1 aromatic carbocycles. The fraction of sp³-hybridized carbons (Fsp3) is 0.333. The van der Waals surface area contributed by atoms with Crippen molar-refractivity contribution in [2.75, 3.05) is 6.54 Å². The van der Waals surface area contributed by atoms with Crippen molar-refractivity contribution < 1.29 is 22.8 Å². The van der Waals surface area contributed by atoms with E-state index in [1.807, 2.05) is 37.3 Å². The standard InChI is InChI=1S/C21H20F3N5O2S/c1-12(13-6-4-3-5-7-13)10-15(18(30)26-9-8-25)27-19(31)16-11-14-17(21(22,23)24)28-29(2)20(14)32-16/h3-7,11-12,15H,9-10H2,1-2H3,(H,26,30)(H,27,31)/t12-,15-/m0/s1. The van der Waals surface area contributed by atoms with E-state index in [4.69, 9.17) is 5.26 Å². The summed E-state index contributed by atoms with van der Waals surface area (Å²) < 4.78 is 40.8. The molecule has 2 atom stereocenters. The number of nitrogens with zero attached hydrogens (tertiary/aromatic N) is 3. The SMILES string of the molecule is C[C@@H](C[C@H](NC(=O)c1cc2c(C(F)(F)F)nn(C)c2s1)C(=O)NCC#N)c1ccccc1. The molecule has 2 heterocycles. The predicted octanol–water partition coefficient (Wildman–Crippen LogP) is 3.59. The van der Waals surface area contributed by atoms with Crippen LogP contribution in [0.2, 0.25) is 0 Å². The number of benzene rings is 1. The van der Waals surface area contributed by atoms with E-state index in [-0.39, 0.29) is 34.0 Å². The lowest BCUT2D eigenvalue weighted by Gasteiger charge is -2.21. The molecule has 0 spiro atoms. The van der Waals surface area contributed by atoms with Crippen LogP contribution in [-0.4, -0.2) is 34.2 Å². The molecule has 0 aliphatic heterocycles. The highest BCUT2D eigenvalue weighted by atomic mass is 32.1. The Kier molecular flexibility index (Phi) is 6.84. The zero-order valence-electron chi connectivity index (χ0n) is 17.2. The van der Waals surface area contributed by atoms with E-state index < -0.39 is 29.7 Å². The average molecular weight is 463 g/mol. The molecule has 0 saturated carbocycles. The maximum absolute atomic E-state index is 13.2. The molecule has 7 nitrogen and oxygen atoms in total. The van der Waals surface area contributed by atoms with Crippen LogP contribution in [0.5, 0.6) is 0 Å². The van der Waals surface area contributed by atoms with Crippen LogP contribution in [0.15, 0.2) is 36.4 Å². The van der Waals surface area contributed by atoms with Gasteiger partial charge < -0.3 is 10.6 Å². The van der Waals surface area contributed by atoms with Crippen LogP contribution in [0.4, 0.5) is 13.2 Å². The molecule has 3 rings (SSSR count). The predicted molar refractivity (Wildman–Crippen MR) is 113 cm³/mol. The van der Waals surface area contributed by atoms with Gasteiger partial charge in [0.2, 0.25) is 5.91 Å². The minimum atomic E-state index is -4.65. The van der Waals surface area contributed by atoms with Crippen molar-refractivity contribution in [3.63, 3.8) is 0 Å². The summed E-state index contributed by atoms with van der Waals surface area (Å²) in [6.07, 6.45) is -4.41. The molecule has 2 amide bonds. The number of amides is 2.